The second kappa shape index (κ2) is 17.4. The van der Waals surface area contributed by atoms with Crippen LogP contribution in [0.3, 0.4) is 0 Å². The Bertz CT molecular complexity index is 1200. The standard InChI is InChI=1S/C40H102Si13/c1-35(2)52(37(44(9,10)11)45(12,13)14,38(46(15,16)17)47(18,19)20)41(5)42(33-34-43(6,7)8)53(36(3)4,39(48(21,22)23)49(24,25)26)40(50(27,28)29)51(30,31)32/h35-40H,1-32H3/b42-41+. The first kappa shape index (κ1) is 55.4. The molecule has 0 atom stereocenters. The van der Waals surface area contributed by atoms with Gasteiger partial charge in [0.2, 0.25) is 0 Å². The van der Waals surface area contributed by atoms with Crippen LogP contribution in [-0.4, -0.2) is 103 Å². The average molecular weight is 948 g/mol. The summed E-state index contributed by atoms with van der Waals surface area (Å²) in [5.41, 5.74) is 11.0. The van der Waals surface area contributed by atoms with Crippen molar-refractivity contribution in [3.05, 3.63) is 0 Å². The molecule has 314 valence electrons. The van der Waals surface area contributed by atoms with Gasteiger partial charge in [0.05, 0.1) is 22.6 Å². The van der Waals surface area contributed by atoms with Gasteiger partial charge in [0, 0.05) is 64.6 Å². The first-order valence-electron chi connectivity index (χ1n) is 21.9. The Kier molecular flexibility index (Phi) is 18.2. The molecule has 0 amide bonds. The molecule has 0 bridgehead atoms. The van der Waals surface area contributed by atoms with Gasteiger partial charge in [0.25, 0.3) is 0 Å². The normalized spacial score (nSPS) is 16.3. The van der Waals surface area contributed by atoms with Crippen LogP contribution in [0, 0.1) is 11.1 Å². The molecule has 0 aliphatic heterocycles. The Morgan fingerprint density at radius 3 is 0.660 bits per heavy atom. The third kappa shape index (κ3) is 12.7. The van der Waals surface area contributed by atoms with Gasteiger partial charge in [0.1, 0.15) is 8.07 Å². The van der Waals surface area contributed by atoms with Crippen LogP contribution in [0.5, 0.6) is 0 Å². The fraction of sp³-hybridized carbons (Fsp3) is 0.950. The first-order chi connectivity index (χ1) is 22.6. The van der Waals surface area contributed by atoms with Gasteiger partial charge in [-0.05, 0) is 7.41 Å². The minimum Gasteiger partial charge on any atom is -0.135 e. The van der Waals surface area contributed by atoms with Crippen LogP contribution in [0.15, 0.2) is 0 Å². The highest BCUT2D eigenvalue weighted by molar-refractivity contribution is 7.65. The van der Waals surface area contributed by atoms with Crippen molar-refractivity contribution in [1.29, 1.82) is 0 Å². The molecule has 0 aromatic rings. The van der Waals surface area contributed by atoms with E-state index in [2.05, 4.69) is 217 Å². The van der Waals surface area contributed by atoms with E-state index in [4.69, 9.17) is 5.54 Å². The highest BCUT2D eigenvalue weighted by atomic mass is 29.6. The van der Waals surface area contributed by atoms with Gasteiger partial charge in [0.15, 0.2) is 0 Å². The first-order valence-corrected chi connectivity index (χ1v) is 64.9. The third-order valence-corrected chi connectivity index (χ3v) is 131. The molecule has 0 fully saturated rings. The topological polar surface area (TPSA) is 0 Å². The van der Waals surface area contributed by atoms with Crippen LogP contribution < -0.4 is 0 Å². The molecule has 0 saturated carbocycles. The molecule has 0 saturated heterocycles. The lowest BCUT2D eigenvalue weighted by molar-refractivity contribution is 0.987. The maximum atomic E-state index is 4.91. The van der Waals surface area contributed by atoms with Crippen LogP contribution in [0.25, 0.3) is 0 Å². The van der Waals surface area contributed by atoms with Crippen LogP contribution in [-0.2, 0) is 0 Å². The van der Waals surface area contributed by atoms with Crippen LogP contribution in [0.1, 0.15) is 27.7 Å². The zero-order chi connectivity index (χ0) is 43.5. The maximum Gasteiger partial charge on any atom is 0.128 e. The van der Waals surface area contributed by atoms with Crippen molar-refractivity contribution in [1.82, 2.24) is 0 Å². The molecular formula is C40H102Si13. The zero-order valence-corrected chi connectivity index (χ0v) is 56.0. The van der Waals surface area contributed by atoms with Gasteiger partial charge in [-0.15, -0.1) is 11.1 Å². The molecule has 0 spiro atoms. The molecule has 0 aliphatic carbocycles. The lowest BCUT2D eigenvalue weighted by Gasteiger charge is -2.65. The van der Waals surface area contributed by atoms with Crippen molar-refractivity contribution in [3.8, 4) is 11.1 Å². The van der Waals surface area contributed by atoms with Crippen molar-refractivity contribution in [2.75, 3.05) is 0 Å². The fourth-order valence-corrected chi connectivity index (χ4v) is 229. The predicted octanol–water partition coefficient (Wildman–Crippen LogP) is 15.5. The van der Waals surface area contributed by atoms with E-state index in [1.807, 2.05) is 0 Å². The number of rotatable bonds is 16. The van der Waals surface area contributed by atoms with E-state index in [1.165, 1.54) is 0 Å². The summed E-state index contributed by atoms with van der Waals surface area (Å²) in [5.74, 6) is 0. The van der Waals surface area contributed by atoms with Crippen molar-refractivity contribution < 1.29 is 0 Å². The van der Waals surface area contributed by atoms with E-state index in [9.17, 15) is 0 Å². The molecule has 0 heterocycles. The van der Waals surface area contributed by atoms with Gasteiger partial charge in [-0.25, -0.2) is 0 Å². The predicted molar refractivity (Wildman–Crippen MR) is 292 cm³/mol. The average Bonchev–Trinajstić information content (AvgIpc) is 2.74. The fourth-order valence-electron chi connectivity index (χ4n) is 15.0. The second-order valence-corrected chi connectivity index (χ2v) is 109. The minimum absolute atomic E-state index is 0.824. The minimum atomic E-state index is -2.11. The Hall–Kier alpha value is 2.38. The molecule has 0 aromatic carbocycles. The highest BCUT2D eigenvalue weighted by Crippen LogP contribution is 2.60. The van der Waals surface area contributed by atoms with Gasteiger partial charge in [-0.3, -0.25) is 0 Å². The summed E-state index contributed by atoms with van der Waals surface area (Å²) in [6, 6.07) is 0. The summed E-state index contributed by atoms with van der Waals surface area (Å²) in [6.07, 6.45) is 0. The number of hydrogen-bond donors (Lipinski definition) is 0. The molecule has 53 heavy (non-hydrogen) atoms. The van der Waals surface area contributed by atoms with E-state index < -0.39 is 103 Å². The van der Waals surface area contributed by atoms with Gasteiger partial charge >= 0.3 is 0 Å². The molecule has 0 N–H and O–H groups in total. The lowest BCUT2D eigenvalue weighted by Crippen LogP contribution is -2.80. The molecular weight excluding hydrogens is 846 g/mol. The molecule has 0 nitrogen and oxygen atoms in total. The molecule has 0 aromatic heterocycles. The van der Waals surface area contributed by atoms with Gasteiger partial charge in [-0.1, -0.05) is 241 Å². The Morgan fingerprint density at radius 2 is 0.509 bits per heavy atom. The van der Waals surface area contributed by atoms with Crippen LogP contribution in [0.2, 0.25) is 214 Å². The smallest absolute Gasteiger partial charge is 0.128 e. The van der Waals surface area contributed by atoms with Crippen molar-refractivity contribution in [3.63, 3.8) is 0 Å². The summed E-state index contributed by atoms with van der Waals surface area (Å²) in [5, 5.41) is 0. The molecule has 0 radical (unpaired) electrons. The van der Waals surface area contributed by atoms with E-state index in [0.29, 0.717) is 0 Å². The van der Waals surface area contributed by atoms with Gasteiger partial charge < -0.3 is 0 Å². The monoisotopic (exact) mass is 946 g/mol. The Morgan fingerprint density at radius 1 is 0.321 bits per heavy atom. The zero-order valence-electron chi connectivity index (χ0n) is 43.0. The van der Waals surface area contributed by atoms with E-state index in [1.54, 1.807) is 0 Å². The van der Waals surface area contributed by atoms with Crippen LogP contribution in [0.4, 0.5) is 0 Å². The van der Waals surface area contributed by atoms with E-state index in [0.717, 1.165) is 30.2 Å². The van der Waals surface area contributed by atoms with Crippen molar-refractivity contribution in [2.45, 2.75) is 241 Å². The maximum absolute atomic E-state index is 4.91. The molecule has 0 aliphatic rings. The van der Waals surface area contributed by atoms with Gasteiger partial charge in [-0.2, -0.15) is 0 Å². The molecule has 13 heteroatoms. The largest absolute Gasteiger partial charge is 0.135 e. The SMILES string of the molecule is CC(C)[Si](C([Si](C)(C)C)[Si](C)(C)C)(C([Si](C)(C)C)[Si](C)(C)C)/[Si](C)=[Si](\C#C[Si](C)(C)C)[Si](C(C)C)(C([Si](C)(C)C)[Si](C)(C)C)C([Si](C)(C)C)[Si](C)(C)C. The summed E-state index contributed by atoms with van der Waals surface area (Å²) in [6.45, 7) is 91.6. The van der Waals surface area contributed by atoms with E-state index >= 15 is 0 Å². The highest BCUT2D eigenvalue weighted by Gasteiger charge is 2.69. The third-order valence-electron chi connectivity index (χ3n) is 12.8. The second-order valence-electron chi connectivity index (χ2n) is 28.3. The Labute approximate surface area is 352 Å². The Balaban J connectivity index is 10.8. The molecule has 0 unspecified atom stereocenters. The molecule has 0 rings (SSSR count). The van der Waals surface area contributed by atoms with Crippen molar-refractivity contribution in [2.24, 2.45) is 0 Å². The lowest BCUT2D eigenvalue weighted by atomic mass is 10.6. The quantitative estimate of drug-likeness (QED) is 0.107. The van der Waals surface area contributed by atoms with Crippen LogP contribution >= 0.6 is 0 Å². The summed E-state index contributed by atoms with van der Waals surface area (Å²) in [4.78, 5) is 4.19. The van der Waals surface area contributed by atoms with Crippen molar-refractivity contribution >= 4 is 103 Å². The summed E-state index contributed by atoms with van der Waals surface area (Å²) in [7, 11) is -20.3. The number of hydrogen-bond acceptors (Lipinski definition) is 0. The summed E-state index contributed by atoms with van der Waals surface area (Å²) < 4.78 is 0. The van der Waals surface area contributed by atoms with E-state index in [-0.39, 0.29) is 0 Å². The summed E-state index contributed by atoms with van der Waals surface area (Å²) >= 11 is 0.